The van der Waals surface area contributed by atoms with Gasteiger partial charge in [-0.15, -0.1) is 0 Å². The lowest BCUT2D eigenvalue weighted by Crippen LogP contribution is -2.36. The number of carbonyl (C=O) groups is 1. The minimum absolute atomic E-state index is 0.00460. The first-order valence-corrected chi connectivity index (χ1v) is 22.4. The lowest BCUT2D eigenvalue weighted by molar-refractivity contribution is -0.0435. The summed E-state index contributed by atoms with van der Waals surface area (Å²) < 4.78 is 101. The molecule has 6 aromatic rings. The van der Waals surface area contributed by atoms with Crippen molar-refractivity contribution in [3.8, 4) is 22.6 Å². The molecule has 61 heavy (non-hydrogen) atoms. The molecule has 1 aliphatic heterocycles. The lowest BCUT2D eigenvalue weighted by Gasteiger charge is -2.36. The van der Waals surface area contributed by atoms with Crippen molar-refractivity contribution in [2.24, 2.45) is 11.7 Å². The smallest absolute Gasteiger partial charge is 0.455 e. The number of H-pyrrole nitrogens is 1. The molecule has 2 aromatic heterocycles. The highest BCUT2D eigenvalue weighted by atomic mass is 35.5. The number of piperidine rings is 1. The molecule has 0 unspecified atom stereocenters. The Bertz CT molecular complexity index is 2780. The number of ether oxygens (including phenoxy) is 1. The van der Waals surface area contributed by atoms with Gasteiger partial charge in [-0.3, -0.25) is 4.79 Å². The number of sulfone groups is 1. The van der Waals surface area contributed by atoms with Crippen LogP contribution in [0.3, 0.4) is 0 Å². The van der Waals surface area contributed by atoms with Crippen molar-refractivity contribution in [1.29, 1.82) is 0 Å². The van der Waals surface area contributed by atoms with E-state index in [1.54, 1.807) is 42.6 Å². The van der Waals surface area contributed by atoms with Crippen molar-refractivity contribution in [3.63, 3.8) is 0 Å². The topological polar surface area (TPSA) is 197 Å². The Kier molecular flexibility index (Phi) is 12.6. The van der Waals surface area contributed by atoms with E-state index in [9.17, 15) is 39.9 Å². The Morgan fingerprint density at radius 1 is 0.984 bits per heavy atom. The number of nitrogens with one attached hydrogen (secondary N) is 3. The Labute approximate surface area is 354 Å². The molecule has 1 aliphatic rings. The molecule has 13 nitrogen and oxygen atoms in total. The number of aromatic amines is 1. The average molecular weight is 897 g/mol. The number of halogens is 4. The molecule has 1 saturated heterocycles. The molecule has 0 bridgehead atoms. The third kappa shape index (κ3) is 9.48. The number of aliphatic hydroxyl groups excluding tert-OH is 1. The number of aromatic nitrogens is 2. The first-order valence-electron chi connectivity index (χ1n) is 19.0. The number of pyridine rings is 1. The Balaban J connectivity index is 1.15. The Hall–Kier alpha value is -5.66. The quantitative estimate of drug-likeness (QED) is 0.0670. The van der Waals surface area contributed by atoms with Gasteiger partial charge < -0.3 is 30.8 Å². The van der Waals surface area contributed by atoms with E-state index in [1.807, 2.05) is 46.0 Å². The van der Waals surface area contributed by atoms with Gasteiger partial charge in [0.25, 0.3) is 25.8 Å². The van der Waals surface area contributed by atoms with Gasteiger partial charge in [-0.25, -0.2) is 26.5 Å². The van der Waals surface area contributed by atoms with Gasteiger partial charge in [-0.1, -0.05) is 48.0 Å². The van der Waals surface area contributed by atoms with Gasteiger partial charge in [0.15, 0.2) is 0 Å². The molecule has 1 atom stereocenters. The predicted octanol–water partition coefficient (Wildman–Crippen LogP) is 7.80. The summed E-state index contributed by atoms with van der Waals surface area (Å²) in [5, 5.41) is 15.5. The van der Waals surface area contributed by atoms with E-state index in [0.29, 0.717) is 53.7 Å². The van der Waals surface area contributed by atoms with E-state index < -0.39 is 52.9 Å². The summed E-state index contributed by atoms with van der Waals surface area (Å²) in [6, 6.07) is 25.1. The minimum atomic E-state index is -6.04. The number of carbonyl (C=O) groups excluding carboxylic acids is 1. The second-order valence-electron chi connectivity index (χ2n) is 14.3. The van der Waals surface area contributed by atoms with Crippen LogP contribution in [-0.4, -0.2) is 69.5 Å². The van der Waals surface area contributed by atoms with Crippen LogP contribution in [-0.2, 0) is 19.9 Å². The van der Waals surface area contributed by atoms with Crippen LogP contribution in [0.25, 0.3) is 22.2 Å². The van der Waals surface area contributed by atoms with E-state index in [2.05, 4.69) is 15.3 Å². The van der Waals surface area contributed by atoms with Crippen molar-refractivity contribution >= 4 is 59.8 Å². The largest absolute Gasteiger partial charge is 0.501 e. The van der Waals surface area contributed by atoms with E-state index in [-0.39, 0.29) is 42.5 Å². The van der Waals surface area contributed by atoms with Crippen molar-refractivity contribution in [2.75, 3.05) is 36.4 Å². The first kappa shape index (κ1) is 43.4. The normalized spacial score (nSPS) is 14.5. The van der Waals surface area contributed by atoms with Crippen molar-refractivity contribution < 1.29 is 44.6 Å². The number of amides is 1. The lowest BCUT2D eigenvalue weighted by atomic mass is 9.84. The molecule has 1 amide bonds. The summed E-state index contributed by atoms with van der Waals surface area (Å²) >= 11 is 6.12. The summed E-state index contributed by atoms with van der Waals surface area (Å²) in [7, 11) is -11.0. The number of sulfonamides is 1. The molecule has 0 saturated carbocycles. The van der Waals surface area contributed by atoms with E-state index >= 15 is 0 Å². The number of alkyl halides is 3. The minimum Gasteiger partial charge on any atom is -0.455 e. The summed E-state index contributed by atoms with van der Waals surface area (Å²) in [6.45, 7) is 1.19. The predicted molar refractivity (Wildman–Crippen MR) is 226 cm³/mol. The maximum absolute atomic E-state index is 13.8. The average Bonchev–Trinajstić information content (AvgIpc) is 3.71. The molecule has 0 spiro atoms. The van der Waals surface area contributed by atoms with Crippen LogP contribution in [0.5, 0.6) is 11.5 Å². The van der Waals surface area contributed by atoms with Crippen LogP contribution in [0.15, 0.2) is 119 Å². The number of hydrogen-bond donors (Lipinski definition) is 5. The van der Waals surface area contributed by atoms with Gasteiger partial charge in [0.1, 0.15) is 22.0 Å². The molecule has 7 rings (SSSR count). The van der Waals surface area contributed by atoms with Gasteiger partial charge in [0, 0.05) is 48.0 Å². The van der Waals surface area contributed by atoms with Gasteiger partial charge >= 0.3 is 5.51 Å². The van der Waals surface area contributed by atoms with Crippen LogP contribution in [0, 0.1) is 5.92 Å². The SMILES string of the molecule is NCCCNc1ccc(S(=O)(=O)NC(=O)c2ccc(N3CCC([C@@H](O)c4ccccc4-c4ccc(Cl)cc4)CC3)cc2Oc2cnc3[nH]ccc3c2)cc1S(=O)(=O)C(F)(F)F. The molecular weight excluding hydrogens is 857 g/mol. The molecule has 1 fully saturated rings. The van der Waals surface area contributed by atoms with Crippen LogP contribution in [0.4, 0.5) is 24.5 Å². The summed E-state index contributed by atoms with van der Waals surface area (Å²) in [6.07, 6.45) is 3.82. The third-order valence-electron chi connectivity index (χ3n) is 10.4. The maximum atomic E-state index is 13.8. The standard InChI is InChI=1S/C42H40ClF3N6O7S2/c43-29-8-6-26(7-9-29)33-4-1-2-5-34(33)39(53)27-15-20-52(21-16-27)30-10-12-35(37(23-30)59-31-22-28-14-19-49-40(28)50-25-31)41(54)51-61(57,58)32-11-13-36(48-18-3-17-47)38(24-32)60(55,56)42(44,45)46/h1-2,4-14,19,22-25,27,39,48,53H,3,15-18,20-21,47H2,(H,49,50)(H,51,54)/t39-/m1/s1. The number of nitrogens with two attached hydrogens (primary N) is 1. The van der Waals surface area contributed by atoms with Gasteiger partial charge in [0.2, 0.25) is 0 Å². The molecule has 3 heterocycles. The first-order chi connectivity index (χ1) is 29.1. The van der Waals surface area contributed by atoms with Gasteiger partial charge in [-0.05, 0) is 103 Å². The number of hydrogen-bond acceptors (Lipinski definition) is 11. The van der Waals surface area contributed by atoms with Crippen LogP contribution in [0.2, 0.25) is 5.02 Å². The molecule has 320 valence electrons. The zero-order chi connectivity index (χ0) is 43.5. The molecular formula is C42H40ClF3N6O7S2. The third-order valence-corrected chi connectivity index (χ3v) is 13.5. The highest BCUT2D eigenvalue weighted by Crippen LogP contribution is 2.40. The summed E-state index contributed by atoms with van der Waals surface area (Å²) in [5.41, 5.74) is 2.77. The van der Waals surface area contributed by atoms with E-state index in [0.717, 1.165) is 28.8 Å². The second-order valence-corrected chi connectivity index (χ2v) is 18.4. The van der Waals surface area contributed by atoms with Crippen LogP contribution in [0.1, 0.15) is 41.3 Å². The van der Waals surface area contributed by atoms with Gasteiger partial charge in [0.05, 0.1) is 28.4 Å². The van der Waals surface area contributed by atoms with E-state index in [1.165, 1.54) is 12.3 Å². The second kappa shape index (κ2) is 17.7. The maximum Gasteiger partial charge on any atom is 0.501 e. The molecule has 19 heteroatoms. The Morgan fingerprint density at radius 3 is 2.44 bits per heavy atom. The zero-order valence-electron chi connectivity index (χ0n) is 32.2. The van der Waals surface area contributed by atoms with Crippen molar-refractivity contribution in [3.05, 3.63) is 126 Å². The molecule has 6 N–H and O–H groups in total. The van der Waals surface area contributed by atoms with Crippen LogP contribution >= 0.6 is 11.6 Å². The van der Waals surface area contributed by atoms with Crippen molar-refractivity contribution in [2.45, 2.75) is 40.7 Å². The van der Waals surface area contributed by atoms with E-state index in [4.69, 9.17) is 22.1 Å². The van der Waals surface area contributed by atoms with Crippen molar-refractivity contribution in [1.82, 2.24) is 14.7 Å². The fraction of sp³-hybridized carbons (Fsp3) is 0.238. The fourth-order valence-electron chi connectivity index (χ4n) is 7.18. The Morgan fingerprint density at radius 2 is 1.72 bits per heavy atom. The monoisotopic (exact) mass is 896 g/mol. The number of nitrogens with zero attached hydrogens (tertiary/aromatic N) is 2. The molecule has 0 radical (unpaired) electrons. The number of fused-ring (bicyclic) bond motifs is 1. The van der Waals surface area contributed by atoms with Gasteiger partial charge in [-0.2, -0.15) is 13.2 Å². The number of anilines is 2. The highest BCUT2D eigenvalue weighted by molar-refractivity contribution is 7.92. The fourth-order valence-corrected chi connectivity index (χ4v) is 9.33. The highest BCUT2D eigenvalue weighted by Gasteiger charge is 2.48. The number of aliphatic hydroxyl groups is 1. The number of rotatable bonds is 14. The number of benzene rings is 4. The summed E-state index contributed by atoms with van der Waals surface area (Å²) in [5.74, 6) is -1.15. The zero-order valence-corrected chi connectivity index (χ0v) is 34.6. The summed E-state index contributed by atoms with van der Waals surface area (Å²) in [4.78, 5) is 20.9. The molecule has 4 aromatic carbocycles. The molecule has 0 aliphatic carbocycles. The van der Waals surface area contributed by atoms with Crippen LogP contribution < -0.4 is 25.4 Å².